The minimum absolute atomic E-state index is 0.0395. The number of thiazole rings is 1. The Kier molecular flexibility index (Phi) is 5.39. The highest BCUT2D eigenvalue weighted by atomic mass is 35.5. The van der Waals surface area contributed by atoms with E-state index >= 15 is 0 Å². The number of hydrogen-bond acceptors (Lipinski definition) is 6. The van der Waals surface area contributed by atoms with Crippen molar-refractivity contribution in [2.75, 3.05) is 4.90 Å². The summed E-state index contributed by atoms with van der Waals surface area (Å²) in [6, 6.07) is 11.7. The third-order valence-electron chi connectivity index (χ3n) is 4.28. The number of para-hydroxylation sites is 1. The molecule has 4 rings (SSSR count). The molecule has 0 atom stereocenters. The summed E-state index contributed by atoms with van der Waals surface area (Å²) >= 11 is 7.11. The Balaban J connectivity index is 1.85. The zero-order valence-corrected chi connectivity index (χ0v) is 16.7. The van der Waals surface area contributed by atoms with Crippen molar-refractivity contribution in [2.45, 2.75) is 6.54 Å². The Morgan fingerprint density at radius 1 is 1.23 bits per heavy atom. The average molecular weight is 443 g/mol. The molecule has 0 saturated carbocycles. The number of nitro groups is 1. The lowest BCUT2D eigenvalue weighted by molar-refractivity contribution is -0.385. The Morgan fingerprint density at radius 3 is 2.77 bits per heavy atom. The number of hydrogen-bond donors (Lipinski definition) is 0. The van der Waals surface area contributed by atoms with E-state index in [4.69, 9.17) is 11.6 Å². The van der Waals surface area contributed by atoms with Crippen LogP contribution in [0.2, 0.25) is 5.02 Å². The number of aromatic nitrogens is 2. The number of carbonyl (C=O) groups is 1. The van der Waals surface area contributed by atoms with E-state index in [0.29, 0.717) is 10.3 Å². The SMILES string of the molecule is O=C(c1cc(Cl)ccc1[N+](=O)[O-])N(Cc1cccnc1)c1nc2c(F)cccc2s1. The lowest BCUT2D eigenvalue weighted by Crippen LogP contribution is -2.31. The molecule has 0 bridgehead atoms. The molecule has 0 N–H and O–H groups in total. The van der Waals surface area contributed by atoms with E-state index in [0.717, 1.165) is 11.3 Å². The summed E-state index contributed by atoms with van der Waals surface area (Å²) in [7, 11) is 0. The molecule has 0 aliphatic carbocycles. The second kappa shape index (κ2) is 8.13. The van der Waals surface area contributed by atoms with Gasteiger partial charge in [0.05, 0.1) is 16.2 Å². The van der Waals surface area contributed by atoms with Crippen LogP contribution < -0.4 is 4.90 Å². The smallest absolute Gasteiger partial charge is 0.279 e. The van der Waals surface area contributed by atoms with Crippen LogP contribution in [0.1, 0.15) is 15.9 Å². The van der Waals surface area contributed by atoms with Crippen LogP contribution in [0, 0.1) is 15.9 Å². The zero-order chi connectivity index (χ0) is 21.3. The molecule has 0 spiro atoms. The first-order valence-corrected chi connectivity index (χ1v) is 9.83. The minimum atomic E-state index is -0.674. The summed E-state index contributed by atoms with van der Waals surface area (Å²) in [5.41, 5.74) is 0.237. The number of rotatable bonds is 5. The fourth-order valence-electron chi connectivity index (χ4n) is 2.90. The molecule has 0 radical (unpaired) electrons. The summed E-state index contributed by atoms with van der Waals surface area (Å²) < 4.78 is 14.7. The van der Waals surface area contributed by atoms with Gasteiger partial charge in [0.1, 0.15) is 16.9 Å². The fourth-order valence-corrected chi connectivity index (χ4v) is 4.05. The molecule has 0 fully saturated rings. The lowest BCUT2D eigenvalue weighted by Gasteiger charge is -2.20. The molecular weight excluding hydrogens is 431 g/mol. The summed E-state index contributed by atoms with van der Waals surface area (Å²) in [5, 5.41) is 11.8. The molecule has 1 amide bonds. The second-order valence-corrected chi connectivity index (χ2v) is 7.70. The quantitative estimate of drug-likeness (QED) is 0.311. The first-order valence-electron chi connectivity index (χ1n) is 8.64. The first kappa shape index (κ1) is 19.9. The molecule has 0 aliphatic rings. The van der Waals surface area contributed by atoms with Crippen molar-refractivity contribution in [3.8, 4) is 0 Å². The average Bonchev–Trinajstić information content (AvgIpc) is 3.17. The van der Waals surface area contributed by atoms with E-state index in [1.807, 2.05) is 0 Å². The van der Waals surface area contributed by atoms with Gasteiger partial charge in [-0.2, -0.15) is 0 Å². The molecule has 2 aromatic carbocycles. The molecule has 30 heavy (non-hydrogen) atoms. The lowest BCUT2D eigenvalue weighted by atomic mass is 10.1. The predicted octanol–water partition coefficient (Wildman–Crippen LogP) is 5.24. The van der Waals surface area contributed by atoms with E-state index in [9.17, 15) is 19.3 Å². The number of pyridine rings is 1. The van der Waals surface area contributed by atoms with Crippen LogP contribution in [0.4, 0.5) is 15.2 Å². The molecule has 0 saturated heterocycles. The molecule has 0 aliphatic heterocycles. The van der Waals surface area contributed by atoms with Gasteiger partial charge in [0.2, 0.25) is 0 Å². The fraction of sp³-hybridized carbons (Fsp3) is 0.0500. The van der Waals surface area contributed by atoms with Gasteiger partial charge >= 0.3 is 0 Å². The predicted molar refractivity (Wildman–Crippen MR) is 112 cm³/mol. The molecule has 10 heteroatoms. The van der Waals surface area contributed by atoms with Gasteiger partial charge in [-0.25, -0.2) is 9.37 Å². The normalized spacial score (nSPS) is 10.9. The van der Waals surface area contributed by atoms with Gasteiger partial charge in [0.15, 0.2) is 5.13 Å². The number of fused-ring (bicyclic) bond motifs is 1. The second-order valence-electron chi connectivity index (χ2n) is 6.25. The zero-order valence-electron chi connectivity index (χ0n) is 15.2. The van der Waals surface area contributed by atoms with Crippen LogP contribution in [0.15, 0.2) is 60.9 Å². The van der Waals surface area contributed by atoms with Crippen molar-refractivity contribution < 1.29 is 14.1 Å². The standard InChI is InChI=1S/C20H12ClFN4O3S/c21-13-6-7-16(26(28)29)14(9-13)19(27)25(11-12-3-2-8-23-10-12)20-24-18-15(22)4-1-5-17(18)30-20/h1-10H,11H2. The van der Waals surface area contributed by atoms with Gasteiger partial charge < -0.3 is 0 Å². The van der Waals surface area contributed by atoms with Crippen molar-refractivity contribution in [2.24, 2.45) is 0 Å². The number of amides is 1. The number of nitrogens with zero attached hydrogens (tertiary/aromatic N) is 4. The van der Waals surface area contributed by atoms with Gasteiger partial charge in [-0.1, -0.05) is 35.1 Å². The third kappa shape index (κ3) is 3.85. The number of nitro benzene ring substituents is 1. The Hall–Kier alpha value is -3.43. The van der Waals surface area contributed by atoms with Crippen LogP contribution in [-0.2, 0) is 6.54 Å². The van der Waals surface area contributed by atoms with Crippen LogP contribution in [0.3, 0.4) is 0 Å². The molecule has 2 aromatic heterocycles. The Labute approximate surface area is 178 Å². The van der Waals surface area contributed by atoms with E-state index in [1.54, 1.807) is 36.7 Å². The highest BCUT2D eigenvalue weighted by Crippen LogP contribution is 2.33. The largest absolute Gasteiger partial charge is 0.282 e. The highest BCUT2D eigenvalue weighted by molar-refractivity contribution is 7.22. The summed E-state index contributed by atoms with van der Waals surface area (Å²) in [6.07, 6.45) is 3.16. The van der Waals surface area contributed by atoms with Crippen molar-refractivity contribution >= 4 is 49.9 Å². The molecule has 4 aromatic rings. The monoisotopic (exact) mass is 442 g/mol. The van der Waals surface area contributed by atoms with Crippen molar-refractivity contribution in [1.82, 2.24) is 9.97 Å². The van der Waals surface area contributed by atoms with E-state index in [1.165, 1.54) is 29.2 Å². The summed E-state index contributed by atoms with van der Waals surface area (Å²) in [5.74, 6) is -1.19. The summed E-state index contributed by atoms with van der Waals surface area (Å²) in [4.78, 5) is 33.8. The molecule has 7 nitrogen and oxygen atoms in total. The Bertz CT molecular complexity index is 1270. The third-order valence-corrected chi connectivity index (χ3v) is 5.56. The number of halogens is 2. The van der Waals surface area contributed by atoms with Crippen LogP contribution in [0.25, 0.3) is 10.2 Å². The number of anilines is 1. The Morgan fingerprint density at radius 2 is 2.07 bits per heavy atom. The molecule has 2 heterocycles. The van der Waals surface area contributed by atoms with Gasteiger partial charge in [-0.3, -0.25) is 24.8 Å². The first-order chi connectivity index (χ1) is 14.4. The van der Waals surface area contributed by atoms with Gasteiger partial charge in [0, 0.05) is 23.5 Å². The molecule has 150 valence electrons. The van der Waals surface area contributed by atoms with E-state index in [2.05, 4.69) is 9.97 Å². The van der Waals surface area contributed by atoms with Crippen molar-refractivity contribution in [3.05, 3.63) is 93.0 Å². The van der Waals surface area contributed by atoms with Crippen LogP contribution in [0.5, 0.6) is 0 Å². The van der Waals surface area contributed by atoms with Gasteiger partial charge in [-0.15, -0.1) is 0 Å². The maximum absolute atomic E-state index is 14.2. The highest BCUT2D eigenvalue weighted by Gasteiger charge is 2.28. The maximum atomic E-state index is 14.2. The van der Waals surface area contributed by atoms with Gasteiger partial charge in [0.25, 0.3) is 11.6 Å². The van der Waals surface area contributed by atoms with Crippen LogP contribution >= 0.6 is 22.9 Å². The maximum Gasteiger partial charge on any atom is 0.282 e. The minimum Gasteiger partial charge on any atom is -0.279 e. The van der Waals surface area contributed by atoms with Crippen LogP contribution in [-0.4, -0.2) is 20.8 Å². The molecular formula is C20H12ClFN4O3S. The number of benzene rings is 2. The van der Waals surface area contributed by atoms with E-state index < -0.39 is 16.6 Å². The number of carbonyl (C=O) groups excluding carboxylic acids is 1. The van der Waals surface area contributed by atoms with E-state index in [-0.39, 0.29) is 33.5 Å². The van der Waals surface area contributed by atoms with Crippen molar-refractivity contribution in [1.29, 1.82) is 0 Å². The summed E-state index contributed by atoms with van der Waals surface area (Å²) in [6.45, 7) is 0.0395. The topological polar surface area (TPSA) is 89.2 Å². The van der Waals surface area contributed by atoms with Crippen molar-refractivity contribution in [3.63, 3.8) is 0 Å². The molecule has 0 unspecified atom stereocenters. The van der Waals surface area contributed by atoms with Gasteiger partial charge in [-0.05, 0) is 35.9 Å².